The molecule has 4 heteroatoms. The number of carbonyl (C=O) groups excluding carboxylic acids is 1. The summed E-state index contributed by atoms with van der Waals surface area (Å²) in [5.41, 5.74) is 0. The highest BCUT2D eigenvalue weighted by molar-refractivity contribution is 5.76. The number of rotatable bonds is 28. The molecule has 0 heterocycles. The minimum absolute atomic E-state index is 0.0991. The van der Waals surface area contributed by atoms with Crippen molar-refractivity contribution in [1.29, 1.82) is 0 Å². The van der Waals surface area contributed by atoms with Crippen LogP contribution in [0.5, 0.6) is 0 Å². The molecule has 0 saturated carbocycles. The highest BCUT2D eigenvalue weighted by atomic mass is 16.3. The molecule has 2 atom stereocenters. The van der Waals surface area contributed by atoms with E-state index in [1.54, 1.807) is 0 Å². The second-order valence-electron chi connectivity index (χ2n) is 10.8. The van der Waals surface area contributed by atoms with Crippen LogP contribution in [0.4, 0.5) is 0 Å². The van der Waals surface area contributed by atoms with Crippen molar-refractivity contribution in [3.05, 3.63) is 85.1 Å². The molecule has 1 amide bonds. The van der Waals surface area contributed by atoms with Gasteiger partial charge in [-0.05, 0) is 64.2 Å². The summed E-state index contributed by atoms with van der Waals surface area (Å²) in [6, 6.07) is -0.568. The monoisotopic (exact) mass is 581 g/mol. The first-order valence-electron chi connectivity index (χ1n) is 16.8. The van der Waals surface area contributed by atoms with Gasteiger partial charge < -0.3 is 15.5 Å². The molecule has 4 nitrogen and oxygen atoms in total. The van der Waals surface area contributed by atoms with Gasteiger partial charge in [-0.3, -0.25) is 4.79 Å². The summed E-state index contributed by atoms with van der Waals surface area (Å²) in [6.45, 7) is 4.14. The summed E-state index contributed by atoms with van der Waals surface area (Å²) in [6.07, 6.45) is 47.9. The van der Waals surface area contributed by atoms with Crippen LogP contribution in [-0.2, 0) is 4.79 Å². The molecule has 0 aromatic heterocycles. The van der Waals surface area contributed by atoms with Crippen LogP contribution < -0.4 is 5.32 Å². The molecule has 0 rings (SSSR count). The van der Waals surface area contributed by atoms with Gasteiger partial charge in [0.1, 0.15) is 0 Å². The molecule has 0 aromatic rings. The van der Waals surface area contributed by atoms with Crippen LogP contribution in [0.2, 0.25) is 0 Å². The van der Waals surface area contributed by atoms with Gasteiger partial charge in [0.15, 0.2) is 0 Å². The molecule has 238 valence electrons. The number of amides is 1. The smallest absolute Gasteiger partial charge is 0.220 e. The molecule has 0 aliphatic heterocycles. The fourth-order valence-corrected chi connectivity index (χ4v) is 4.35. The van der Waals surface area contributed by atoms with Crippen molar-refractivity contribution in [2.45, 2.75) is 142 Å². The van der Waals surface area contributed by atoms with Gasteiger partial charge in [0, 0.05) is 6.42 Å². The number of nitrogens with one attached hydrogen (secondary N) is 1. The summed E-state index contributed by atoms with van der Waals surface area (Å²) in [7, 11) is 0. The largest absolute Gasteiger partial charge is 0.394 e. The Labute approximate surface area is 259 Å². The quantitative estimate of drug-likeness (QED) is 0.0636. The lowest BCUT2D eigenvalue weighted by molar-refractivity contribution is -0.123. The van der Waals surface area contributed by atoms with Crippen molar-refractivity contribution < 1.29 is 15.0 Å². The SMILES string of the molecule is CC/C=C\C/C=C\C/C=C\C/C=C\C/C=C\C/C=C\C/C=C\CCCC(=O)NC(CO)C(O)CCCCCCCCC. The Hall–Kier alpha value is -2.43. The molecule has 3 N–H and O–H groups in total. The summed E-state index contributed by atoms with van der Waals surface area (Å²) in [4.78, 5) is 12.2. The fourth-order valence-electron chi connectivity index (χ4n) is 4.35. The molecule has 0 radical (unpaired) electrons. The zero-order chi connectivity index (χ0) is 30.8. The van der Waals surface area contributed by atoms with Crippen LogP contribution in [0.3, 0.4) is 0 Å². The van der Waals surface area contributed by atoms with Gasteiger partial charge in [-0.25, -0.2) is 0 Å². The Morgan fingerprint density at radius 3 is 1.48 bits per heavy atom. The number of hydrogen-bond donors (Lipinski definition) is 3. The zero-order valence-electron chi connectivity index (χ0n) is 27.0. The molecular formula is C38H63NO3. The normalized spacial score (nSPS) is 14.3. The van der Waals surface area contributed by atoms with Crippen LogP contribution >= 0.6 is 0 Å². The Balaban J connectivity index is 3.78. The summed E-state index contributed by atoms with van der Waals surface area (Å²) in [5.74, 6) is -0.0991. The van der Waals surface area contributed by atoms with Crippen molar-refractivity contribution in [3.8, 4) is 0 Å². The van der Waals surface area contributed by atoms with Crippen LogP contribution in [-0.4, -0.2) is 34.9 Å². The number of carbonyl (C=O) groups is 1. The van der Waals surface area contributed by atoms with Gasteiger partial charge in [0.05, 0.1) is 18.8 Å². The van der Waals surface area contributed by atoms with Gasteiger partial charge in [-0.15, -0.1) is 0 Å². The van der Waals surface area contributed by atoms with Gasteiger partial charge in [0.25, 0.3) is 0 Å². The van der Waals surface area contributed by atoms with Crippen molar-refractivity contribution in [2.24, 2.45) is 0 Å². The number of aliphatic hydroxyl groups is 2. The summed E-state index contributed by atoms with van der Waals surface area (Å²) in [5, 5.41) is 22.8. The third kappa shape index (κ3) is 29.1. The zero-order valence-corrected chi connectivity index (χ0v) is 27.0. The van der Waals surface area contributed by atoms with E-state index in [-0.39, 0.29) is 12.5 Å². The molecule has 0 aliphatic carbocycles. The Kier molecular flexibility index (Phi) is 31.2. The van der Waals surface area contributed by atoms with Crippen molar-refractivity contribution in [2.75, 3.05) is 6.61 Å². The van der Waals surface area contributed by atoms with Gasteiger partial charge in [0.2, 0.25) is 5.91 Å². The summed E-state index contributed by atoms with van der Waals surface area (Å²) >= 11 is 0. The molecule has 0 bridgehead atoms. The van der Waals surface area contributed by atoms with Crippen LogP contribution in [0.25, 0.3) is 0 Å². The van der Waals surface area contributed by atoms with Gasteiger partial charge >= 0.3 is 0 Å². The fraction of sp³-hybridized carbons (Fsp3) is 0.605. The lowest BCUT2D eigenvalue weighted by Gasteiger charge is -2.22. The average Bonchev–Trinajstić information content (AvgIpc) is 2.99. The van der Waals surface area contributed by atoms with Crippen LogP contribution in [0.15, 0.2) is 85.1 Å². The molecule has 0 aliphatic rings. The second-order valence-corrected chi connectivity index (χ2v) is 10.8. The van der Waals surface area contributed by atoms with Crippen LogP contribution in [0.1, 0.15) is 129 Å². The molecular weight excluding hydrogens is 518 g/mol. The minimum atomic E-state index is -0.684. The van der Waals surface area contributed by atoms with Crippen molar-refractivity contribution in [3.63, 3.8) is 0 Å². The molecule has 0 saturated heterocycles. The molecule has 0 spiro atoms. The van der Waals surface area contributed by atoms with E-state index in [2.05, 4.69) is 104 Å². The number of allylic oxidation sites excluding steroid dienone is 14. The Morgan fingerprint density at radius 2 is 1.02 bits per heavy atom. The third-order valence-corrected chi connectivity index (χ3v) is 6.92. The van der Waals surface area contributed by atoms with E-state index in [9.17, 15) is 15.0 Å². The highest BCUT2D eigenvalue weighted by Gasteiger charge is 2.19. The first-order valence-corrected chi connectivity index (χ1v) is 16.8. The van der Waals surface area contributed by atoms with E-state index in [1.165, 1.54) is 32.1 Å². The minimum Gasteiger partial charge on any atom is -0.394 e. The van der Waals surface area contributed by atoms with Crippen LogP contribution in [0, 0.1) is 0 Å². The maximum Gasteiger partial charge on any atom is 0.220 e. The highest BCUT2D eigenvalue weighted by Crippen LogP contribution is 2.11. The van der Waals surface area contributed by atoms with Gasteiger partial charge in [-0.1, -0.05) is 144 Å². The average molecular weight is 582 g/mol. The number of hydrogen-bond acceptors (Lipinski definition) is 3. The molecule has 0 aromatic carbocycles. The van der Waals surface area contributed by atoms with E-state index in [0.717, 1.165) is 70.6 Å². The standard InChI is InChI=1S/C38H63NO3/c1-3-5-7-9-11-12-13-14-15-16-17-18-19-20-21-22-23-24-25-26-28-30-32-34-38(42)39-36(35-40)37(41)33-31-29-27-10-8-6-4-2/h5,7,11-12,14-15,17-18,20-21,23-24,26,28,36-37,40-41H,3-4,6,8-10,13,16,19,22,25,27,29-35H2,1-2H3,(H,39,42)/b7-5-,12-11-,15-14-,18-17-,21-20-,24-23-,28-26-. The first kappa shape index (κ1) is 39.6. The number of aliphatic hydroxyl groups excluding tert-OH is 2. The maximum absolute atomic E-state index is 12.2. The van der Waals surface area contributed by atoms with Crippen molar-refractivity contribution >= 4 is 5.91 Å². The molecule has 2 unspecified atom stereocenters. The summed E-state index contributed by atoms with van der Waals surface area (Å²) < 4.78 is 0. The topological polar surface area (TPSA) is 69.6 Å². The number of unbranched alkanes of at least 4 members (excludes halogenated alkanes) is 7. The molecule has 42 heavy (non-hydrogen) atoms. The Morgan fingerprint density at radius 1 is 0.595 bits per heavy atom. The first-order chi connectivity index (χ1) is 20.7. The predicted octanol–water partition coefficient (Wildman–Crippen LogP) is 9.78. The second kappa shape index (κ2) is 33.1. The Bertz CT molecular complexity index is 803. The maximum atomic E-state index is 12.2. The van der Waals surface area contributed by atoms with Crippen molar-refractivity contribution in [1.82, 2.24) is 5.32 Å². The van der Waals surface area contributed by atoms with E-state index >= 15 is 0 Å². The third-order valence-electron chi connectivity index (χ3n) is 6.92. The predicted molar refractivity (Wildman–Crippen MR) is 183 cm³/mol. The van der Waals surface area contributed by atoms with E-state index < -0.39 is 12.1 Å². The lowest BCUT2D eigenvalue weighted by atomic mass is 10.0. The van der Waals surface area contributed by atoms with E-state index in [4.69, 9.17) is 0 Å². The van der Waals surface area contributed by atoms with Gasteiger partial charge in [-0.2, -0.15) is 0 Å². The van der Waals surface area contributed by atoms with E-state index in [0.29, 0.717) is 12.8 Å². The molecule has 0 fully saturated rings. The lowest BCUT2D eigenvalue weighted by Crippen LogP contribution is -2.45. The van der Waals surface area contributed by atoms with E-state index in [1.807, 2.05) is 0 Å².